The molecule has 3 unspecified atom stereocenters. The van der Waals surface area contributed by atoms with Gasteiger partial charge in [-0.2, -0.15) is 0 Å². The number of hydrogen-bond acceptors (Lipinski definition) is 4. The van der Waals surface area contributed by atoms with Gasteiger partial charge in [0.15, 0.2) is 0 Å². The lowest BCUT2D eigenvalue weighted by atomic mass is 9.93. The molecule has 18 heavy (non-hydrogen) atoms. The number of aliphatic hydroxyl groups excluding tert-OH is 1. The molecule has 1 rings (SSSR count). The first-order valence-electron chi connectivity index (χ1n) is 7.17. The van der Waals surface area contributed by atoms with Crippen molar-refractivity contribution in [3.8, 4) is 0 Å². The van der Waals surface area contributed by atoms with E-state index in [-0.39, 0.29) is 18.7 Å². The summed E-state index contributed by atoms with van der Waals surface area (Å²) in [5, 5.41) is 9.62. The van der Waals surface area contributed by atoms with Crippen molar-refractivity contribution < 1.29 is 9.84 Å². The van der Waals surface area contributed by atoms with Gasteiger partial charge in [0.05, 0.1) is 13.2 Å². The number of aliphatic hydroxyl groups is 1. The molecule has 3 atom stereocenters. The molecule has 0 aromatic heterocycles. The molecular formula is C14H30N2O2. The molecule has 4 nitrogen and oxygen atoms in total. The minimum atomic E-state index is 0.0660. The minimum absolute atomic E-state index is 0.0660. The van der Waals surface area contributed by atoms with Crippen LogP contribution in [0.1, 0.15) is 33.1 Å². The number of nitrogens with two attached hydrogens (primary N) is 1. The molecule has 0 aliphatic carbocycles. The van der Waals surface area contributed by atoms with Gasteiger partial charge in [-0.05, 0) is 37.6 Å². The van der Waals surface area contributed by atoms with Crippen molar-refractivity contribution in [1.82, 2.24) is 4.90 Å². The van der Waals surface area contributed by atoms with Crippen LogP contribution < -0.4 is 5.73 Å². The standard InChI is InChI=1S/C14H30N2O2/c1-11(2)7-13(15)14(9-17)16-6-4-5-12(8-16)10-18-3/h11-14,17H,4-10,15H2,1-3H3. The number of methoxy groups -OCH3 is 1. The van der Waals surface area contributed by atoms with Crippen molar-refractivity contribution in [1.29, 1.82) is 0 Å². The summed E-state index contributed by atoms with van der Waals surface area (Å²) in [7, 11) is 1.76. The van der Waals surface area contributed by atoms with Crippen LogP contribution in [0.5, 0.6) is 0 Å². The predicted molar refractivity (Wildman–Crippen MR) is 74.5 cm³/mol. The fourth-order valence-electron chi connectivity index (χ4n) is 2.99. The minimum Gasteiger partial charge on any atom is -0.395 e. The van der Waals surface area contributed by atoms with Crippen LogP contribution in [0, 0.1) is 11.8 Å². The van der Waals surface area contributed by atoms with E-state index in [9.17, 15) is 5.11 Å². The smallest absolute Gasteiger partial charge is 0.0601 e. The summed E-state index contributed by atoms with van der Waals surface area (Å²) in [5.41, 5.74) is 6.25. The summed E-state index contributed by atoms with van der Waals surface area (Å²) >= 11 is 0. The first kappa shape index (κ1) is 15.9. The van der Waals surface area contributed by atoms with E-state index >= 15 is 0 Å². The summed E-state index contributed by atoms with van der Waals surface area (Å²) in [6.07, 6.45) is 3.37. The molecule has 1 saturated heterocycles. The number of likely N-dealkylation sites (tertiary alicyclic amines) is 1. The number of ether oxygens (including phenoxy) is 1. The Morgan fingerprint density at radius 2 is 2.17 bits per heavy atom. The highest BCUT2D eigenvalue weighted by molar-refractivity contribution is 4.86. The Hall–Kier alpha value is -0.160. The lowest BCUT2D eigenvalue weighted by molar-refractivity contribution is 0.0358. The van der Waals surface area contributed by atoms with E-state index in [1.807, 2.05) is 0 Å². The summed E-state index contributed by atoms with van der Waals surface area (Å²) < 4.78 is 5.25. The Labute approximate surface area is 111 Å². The fourth-order valence-corrected chi connectivity index (χ4v) is 2.99. The van der Waals surface area contributed by atoms with Crippen molar-refractivity contribution >= 4 is 0 Å². The van der Waals surface area contributed by atoms with E-state index in [2.05, 4.69) is 18.7 Å². The molecule has 0 bridgehead atoms. The molecule has 0 aromatic carbocycles. The number of rotatable bonds is 7. The molecule has 0 aromatic rings. The second-order valence-corrected chi connectivity index (χ2v) is 6.00. The monoisotopic (exact) mass is 258 g/mol. The van der Waals surface area contributed by atoms with E-state index in [0.717, 1.165) is 26.1 Å². The van der Waals surface area contributed by atoms with Crippen molar-refractivity contribution in [2.24, 2.45) is 17.6 Å². The Balaban J connectivity index is 2.52. The van der Waals surface area contributed by atoms with Gasteiger partial charge in [-0.15, -0.1) is 0 Å². The highest BCUT2D eigenvalue weighted by atomic mass is 16.5. The van der Waals surface area contributed by atoms with Crippen LogP contribution in [0.3, 0.4) is 0 Å². The van der Waals surface area contributed by atoms with E-state index in [4.69, 9.17) is 10.5 Å². The Kier molecular flexibility index (Phi) is 7.15. The van der Waals surface area contributed by atoms with Crippen LogP contribution in [0.4, 0.5) is 0 Å². The fraction of sp³-hybridized carbons (Fsp3) is 1.00. The van der Waals surface area contributed by atoms with Gasteiger partial charge in [0.1, 0.15) is 0 Å². The highest BCUT2D eigenvalue weighted by Crippen LogP contribution is 2.21. The normalized spacial score (nSPS) is 25.3. The highest BCUT2D eigenvalue weighted by Gasteiger charge is 2.29. The van der Waals surface area contributed by atoms with Gasteiger partial charge in [-0.1, -0.05) is 13.8 Å². The van der Waals surface area contributed by atoms with Gasteiger partial charge in [0.2, 0.25) is 0 Å². The quantitative estimate of drug-likeness (QED) is 0.717. The third kappa shape index (κ3) is 4.84. The molecule has 1 aliphatic heterocycles. The van der Waals surface area contributed by atoms with E-state index in [1.165, 1.54) is 12.8 Å². The number of piperidine rings is 1. The van der Waals surface area contributed by atoms with Crippen LogP contribution in [0.2, 0.25) is 0 Å². The number of nitrogens with zero attached hydrogens (tertiary/aromatic N) is 1. The molecule has 1 heterocycles. The third-order valence-electron chi connectivity index (χ3n) is 3.85. The van der Waals surface area contributed by atoms with Gasteiger partial charge in [0.25, 0.3) is 0 Å². The van der Waals surface area contributed by atoms with E-state index in [1.54, 1.807) is 7.11 Å². The Morgan fingerprint density at radius 3 is 2.72 bits per heavy atom. The van der Waals surface area contributed by atoms with Crippen LogP contribution in [0.25, 0.3) is 0 Å². The first-order valence-corrected chi connectivity index (χ1v) is 7.17. The number of hydrogen-bond donors (Lipinski definition) is 2. The van der Waals surface area contributed by atoms with Crippen molar-refractivity contribution in [3.63, 3.8) is 0 Å². The average molecular weight is 258 g/mol. The molecular weight excluding hydrogens is 228 g/mol. The van der Waals surface area contributed by atoms with Gasteiger partial charge in [-0.3, -0.25) is 4.90 Å². The maximum atomic E-state index is 9.62. The predicted octanol–water partition coefficient (Wildman–Crippen LogP) is 1.08. The lowest BCUT2D eigenvalue weighted by Gasteiger charge is -2.40. The van der Waals surface area contributed by atoms with Gasteiger partial charge in [0, 0.05) is 25.7 Å². The largest absolute Gasteiger partial charge is 0.395 e. The zero-order chi connectivity index (χ0) is 13.5. The Bertz CT molecular complexity index is 222. The molecule has 3 N–H and O–H groups in total. The summed E-state index contributed by atoms with van der Waals surface area (Å²) in [5.74, 6) is 1.16. The van der Waals surface area contributed by atoms with E-state index in [0.29, 0.717) is 11.8 Å². The molecule has 4 heteroatoms. The molecule has 0 radical (unpaired) electrons. The first-order chi connectivity index (χ1) is 8.58. The zero-order valence-electron chi connectivity index (χ0n) is 12.1. The van der Waals surface area contributed by atoms with Gasteiger partial charge < -0.3 is 15.6 Å². The molecule has 1 aliphatic rings. The maximum Gasteiger partial charge on any atom is 0.0601 e. The van der Waals surface area contributed by atoms with Gasteiger partial charge in [-0.25, -0.2) is 0 Å². The molecule has 108 valence electrons. The summed E-state index contributed by atoms with van der Waals surface area (Å²) in [4.78, 5) is 2.36. The Morgan fingerprint density at radius 1 is 1.44 bits per heavy atom. The lowest BCUT2D eigenvalue weighted by Crippen LogP contribution is -2.54. The van der Waals surface area contributed by atoms with Crippen LogP contribution in [0.15, 0.2) is 0 Å². The average Bonchev–Trinajstić information content (AvgIpc) is 2.30. The van der Waals surface area contributed by atoms with Crippen molar-refractivity contribution in [2.45, 2.75) is 45.2 Å². The van der Waals surface area contributed by atoms with Crippen molar-refractivity contribution in [2.75, 3.05) is 33.4 Å². The molecule has 0 amide bonds. The molecule has 1 fully saturated rings. The summed E-state index contributed by atoms with van der Waals surface area (Å²) in [6, 6.07) is 0.170. The van der Waals surface area contributed by atoms with E-state index < -0.39 is 0 Å². The molecule has 0 saturated carbocycles. The summed E-state index contributed by atoms with van der Waals surface area (Å²) in [6.45, 7) is 7.39. The topological polar surface area (TPSA) is 58.7 Å². The van der Waals surface area contributed by atoms with Crippen LogP contribution in [-0.2, 0) is 4.74 Å². The van der Waals surface area contributed by atoms with Crippen LogP contribution >= 0.6 is 0 Å². The third-order valence-corrected chi connectivity index (χ3v) is 3.85. The second kappa shape index (κ2) is 8.10. The van der Waals surface area contributed by atoms with Crippen molar-refractivity contribution in [3.05, 3.63) is 0 Å². The molecule has 0 spiro atoms. The maximum absolute atomic E-state index is 9.62. The zero-order valence-corrected chi connectivity index (χ0v) is 12.1. The SMILES string of the molecule is COCC1CCCN(C(CO)C(N)CC(C)C)C1. The van der Waals surface area contributed by atoms with Crippen LogP contribution in [-0.4, -0.2) is 55.5 Å². The second-order valence-electron chi connectivity index (χ2n) is 6.00. The van der Waals surface area contributed by atoms with Gasteiger partial charge >= 0.3 is 0 Å².